The third kappa shape index (κ3) is 2.79. The smallest absolute Gasteiger partial charge is 0.110 e. The minimum Gasteiger partial charge on any atom is -0.308 e. The summed E-state index contributed by atoms with van der Waals surface area (Å²) in [6.07, 6.45) is 2.30. The van der Waals surface area contributed by atoms with Gasteiger partial charge in [-0.15, -0.1) is 11.3 Å². The lowest BCUT2D eigenvalue weighted by molar-refractivity contribution is 0.515. The lowest BCUT2D eigenvalue weighted by Gasteiger charge is -2.13. The Labute approximate surface area is 90.8 Å². The summed E-state index contributed by atoms with van der Waals surface area (Å²) < 4.78 is 0. The molecule has 14 heavy (non-hydrogen) atoms. The molecule has 0 spiro atoms. The van der Waals surface area contributed by atoms with Gasteiger partial charge >= 0.3 is 0 Å². The minimum absolute atomic E-state index is 0.451. The molecular weight excluding hydrogens is 192 g/mol. The van der Waals surface area contributed by atoms with E-state index in [0.717, 1.165) is 13.0 Å². The Balaban J connectivity index is 2.68. The van der Waals surface area contributed by atoms with Crippen LogP contribution in [-0.4, -0.2) is 11.5 Å². The van der Waals surface area contributed by atoms with Crippen molar-refractivity contribution in [2.75, 3.05) is 6.54 Å². The number of nitrogens with one attached hydrogen (secondary N) is 1. The van der Waals surface area contributed by atoms with Gasteiger partial charge in [-0.2, -0.15) is 0 Å². The third-order valence-corrected chi connectivity index (χ3v) is 3.58. The van der Waals surface area contributed by atoms with E-state index in [1.807, 2.05) is 11.3 Å². The summed E-state index contributed by atoms with van der Waals surface area (Å²) in [5.74, 6) is 0. The van der Waals surface area contributed by atoms with Gasteiger partial charge in [-0.1, -0.05) is 13.8 Å². The summed E-state index contributed by atoms with van der Waals surface area (Å²) in [6.45, 7) is 9.71. The molecule has 0 saturated carbocycles. The van der Waals surface area contributed by atoms with Gasteiger partial charge < -0.3 is 5.32 Å². The Morgan fingerprint density at radius 2 is 2.07 bits per heavy atom. The Hall–Kier alpha value is -0.410. The third-order valence-electron chi connectivity index (χ3n) is 2.39. The molecule has 0 bridgehead atoms. The van der Waals surface area contributed by atoms with Crippen LogP contribution in [0.4, 0.5) is 0 Å². The van der Waals surface area contributed by atoms with Crippen LogP contribution in [0.2, 0.25) is 0 Å². The molecule has 0 amide bonds. The largest absolute Gasteiger partial charge is 0.308 e. The Morgan fingerprint density at radius 3 is 2.50 bits per heavy atom. The zero-order valence-electron chi connectivity index (χ0n) is 9.55. The van der Waals surface area contributed by atoms with Gasteiger partial charge in [0.1, 0.15) is 5.01 Å². The highest BCUT2D eigenvalue weighted by Gasteiger charge is 2.13. The van der Waals surface area contributed by atoms with Gasteiger partial charge in [-0.25, -0.2) is 4.98 Å². The van der Waals surface area contributed by atoms with Crippen LogP contribution in [-0.2, 0) is 0 Å². The predicted octanol–water partition coefficient (Wildman–Crippen LogP) is 3.21. The average Bonchev–Trinajstić information content (AvgIpc) is 2.48. The first-order valence-electron chi connectivity index (χ1n) is 5.36. The standard InChI is InChI=1S/C11H20N2S/c1-5-7-12-10(6-2)11-13-8(3)9(4)14-11/h10,12H,5-7H2,1-4H3. The topological polar surface area (TPSA) is 24.9 Å². The number of hydrogen-bond acceptors (Lipinski definition) is 3. The van der Waals surface area contributed by atoms with Gasteiger partial charge in [0.15, 0.2) is 0 Å². The van der Waals surface area contributed by atoms with Crippen LogP contribution in [0, 0.1) is 13.8 Å². The van der Waals surface area contributed by atoms with E-state index in [1.54, 1.807) is 0 Å². The Morgan fingerprint density at radius 1 is 1.36 bits per heavy atom. The molecule has 0 aliphatic heterocycles. The van der Waals surface area contributed by atoms with E-state index in [9.17, 15) is 0 Å². The van der Waals surface area contributed by atoms with Crippen molar-refractivity contribution in [2.45, 2.75) is 46.6 Å². The van der Waals surface area contributed by atoms with Crippen molar-refractivity contribution in [2.24, 2.45) is 0 Å². The number of rotatable bonds is 5. The molecule has 1 aromatic heterocycles. The summed E-state index contributed by atoms with van der Waals surface area (Å²) >= 11 is 1.82. The molecular formula is C11H20N2S. The summed E-state index contributed by atoms with van der Waals surface area (Å²) in [7, 11) is 0. The SMILES string of the molecule is CCCNC(CC)c1nc(C)c(C)s1. The van der Waals surface area contributed by atoms with Crippen LogP contribution < -0.4 is 5.32 Å². The summed E-state index contributed by atoms with van der Waals surface area (Å²) in [5.41, 5.74) is 1.18. The van der Waals surface area contributed by atoms with Gasteiger partial charge in [-0.3, -0.25) is 0 Å². The Bertz CT molecular complexity index is 261. The Kier molecular flexibility index (Phi) is 4.55. The molecule has 1 atom stereocenters. The van der Waals surface area contributed by atoms with Crippen molar-refractivity contribution in [1.29, 1.82) is 0 Å². The zero-order chi connectivity index (χ0) is 10.6. The van der Waals surface area contributed by atoms with Gasteiger partial charge in [0, 0.05) is 4.88 Å². The van der Waals surface area contributed by atoms with Gasteiger partial charge in [0.25, 0.3) is 0 Å². The normalized spacial score (nSPS) is 13.1. The predicted molar refractivity (Wildman–Crippen MR) is 62.9 cm³/mol. The first-order valence-corrected chi connectivity index (χ1v) is 6.18. The molecule has 0 aliphatic rings. The molecule has 1 N–H and O–H groups in total. The average molecular weight is 212 g/mol. The summed E-state index contributed by atoms with van der Waals surface area (Å²) in [5, 5.41) is 4.77. The van der Waals surface area contributed by atoms with E-state index < -0.39 is 0 Å². The lowest BCUT2D eigenvalue weighted by atomic mass is 10.2. The van der Waals surface area contributed by atoms with Crippen LogP contribution in [0.15, 0.2) is 0 Å². The second-order valence-corrected chi connectivity index (χ2v) is 4.84. The quantitative estimate of drug-likeness (QED) is 0.810. The molecule has 0 aromatic carbocycles. The van der Waals surface area contributed by atoms with Crippen molar-refractivity contribution in [3.8, 4) is 0 Å². The fourth-order valence-corrected chi connectivity index (χ4v) is 2.45. The molecule has 1 heterocycles. The van der Waals surface area contributed by atoms with Crippen LogP contribution >= 0.6 is 11.3 Å². The first-order chi connectivity index (χ1) is 6.69. The first kappa shape index (κ1) is 11.7. The number of aromatic nitrogens is 1. The maximum Gasteiger partial charge on any atom is 0.110 e. The van der Waals surface area contributed by atoms with Crippen molar-refractivity contribution < 1.29 is 0 Å². The number of hydrogen-bond donors (Lipinski definition) is 1. The molecule has 1 aromatic rings. The highest BCUT2D eigenvalue weighted by atomic mass is 32.1. The van der Waals surface area contributed by atoms with Crippen molar-refractivity contribution in [3.63, 3.8) is 0 Å². The fourth-order valence-electron chi connectivity index (χ4n) is 1.37. The summed E-state index contributed by atoms with van der Waals surface area (Å²) in [4.78, 5) is 5.93. The van der Waals surface area contributed by atoms with E-state index in [1.165, 1.54) is 22.0 Å². The van der Waals surface area contributed by atoms with Crippen LogP contribution in [0.25, 0.3) is 0 Å². The van der Waals surface area contributed by atoms with Crippen molar-refractivity contribution >= 4 is 11.3 Å². The molecule has 0 fully saturated rings. The maximum atomic E-state index is 4.59. The highest BCUT2D eigenvalue weighted by Crippen LogP contribution is 2.24. The van der Waals surface area contributed by atoms with Crippen LogP contribution in [0.1, 0.15) is 48.3 Å². The van der Waals surface area contributed by atoms with Crippen molar-refractivity contribution in [1.82, 2.24) is 10.3 Å². The zero-order valence-corrected chi connectivity index (χ0v) is 10.4. The second-order valence-electron chi connectivity index (χ2n) is 3.61. The number of aryl methyl sites for hydroxylation is 2. The molecule has 0 saturated heterocycles. The lowest BCUT2D eigenvalue weighted by Crippen LogP contribution is -2.21. The van der Waals surface area contributed by atoms with E-state index >= 15 is 0 Å². The molecule has 0 aliphatic carbocycles. The van der Waals surface area contributed by atoms with Crippen LogP contribution in [0.3, 0.4) is 0 Å². The van der Waals surface area contributed by atoms with Gasteiger partial charge in [-0.05, 0) is 33.2 Å². The molecule has 1 unspecified atom stereocenters. The summed E-state index contributed by atoms with van der Waals surface area (Å²) in [6, 6.07) is 0.451. The molecule has 3 heteroatoms. The highest BCUT2D eigenvalue weighted by molar-refractivity contribution is 7.11. The molecule has 2 nitrogen and oxygen atoms in total. The van der Waals surface area contributed by atoms with E-state index in [4.69, 9.17) is 0 Å². The second kappa shape index (κ2) is 5.47. The van der Waals surface area contributed by atoms with Crippen LogP contribution in [0.5, 0.6) is 0 Å². The molecule has 80 valence electrons. The van der Waals surface area contributed by atoms with Gasteiger partial charge in [0.2, 0.25) is 0 Å². The van der Waals surface area contributed by atoms with Gasteiger partial charge in [0.05, 0.1) is 11.7 Å². The number of nitrogens with zero attached hydrogens (tertiary/aromatic N) is 1. The van der Waals surface area contributed by atoms with Crippen molar-refractivity contribution in [3.05, 3.63) is 15.6 Å². The molecule has 0 radical (unpaired) electrons. The minimum atomic E-state index is 0.451. The fraction of sp³-hybridized carbons (Fsp3) is 0.727. The van der Waals surface area contributed by atoms with E-state index in [0.29, 0.717) is 6.04 Å². The van der Waals surface area contributed by atoms with E-state index in [2.05, 4.69) is 38.0 Å². The van der Waals surface area contributed by atoms with E-state index in [-0.39, 0.29) is 0 Å². The number of thiazole rings is 1. The maximum absolute atomic E-state index is 4.59. The monoisotopic (exact) mass is 212 g/mol. The molecule has 1 rings (SSSR count).